The molecule has 0 spiro atoms. The van der Waals surface area contributed by atoms with Gasteiger partial charge in [0.1, 0.15) is 5.78 Å². The third-order valence-electron chi connectivity index (χ3n) is 5.99. The molecule has 30 heavy (non-hydrogen) atoms. The van der Waals surface area contributed by atoms with Gasteiger partial charge in [-0.3, -0.25) is 9.78 Å². The van der Waals surface area contributed by atoms with E-state index in [0.29, 0.717) is 37.2 Å². The van der Waals surface area contributed by atoms with Crippen LogP contribution in [0.4, 0.5) is 0 Å². The number of ketones is 1. The van der Waals surface area contributed by atoms with Gasteiger partial charge in [-0.05, 0) is 55.3 Å². The second-order valence-corrected chi connectivity index (χ2v) is 10.0. The van der Waals surface area contributed by atoms with Crippen LogP contribution in [0.15, 0.2) is 59.8 Å². The first-order chi connectivity index (χ1) is 14.4. The summed E-state index contributed by atoms with van der Waals surface area (Å²) in [7, 11) is -3.53. The highest BCUT2D eigenvalue weighted by atomic mass is 32.2. The lowest BCUT2D eigenvalue weighted by Crippen LogP contribution is -2.40. The third-order valence-corrected chi connectivity index (χ3v) is 8.05. The largest absolute Gasteiger partial charge is 0.299 e. The van der Waals surface area contributed by atoms with Crippen LogP contribution in [0, 0.1) is 19.8 Å². The first-order valence-electron chi connectivity index (χ1n) is 10.3. The Morgan fingerprint density at radius 3 is 2.60 bits per heavy atom. The van der Waals surface area contributed by atoms with E-state index < -0.39 is 10.0 Å². The van der Waals surface area contributed by atoms with Gasteiger partial charge in [-0.1, -0.05) is 35.9 Å². The molecular weight excluding hydrogens is 396 g/mol. The molecule has 0 saturated carbocycles. The van der Waals surface area contributed by atoms with E-state index >= 15 is 0 Å². The maximum absolute atomic E-state index is 13.1. The topological polar surface area (TPSA) is 67.3 Å². The number of sulfonamides is 1. The molecule has 0 amide bonds. The fourth-order valence-electron chi connectivity index (χ4n) is 4.32. The van der Waals surface area contributed by atoms with E-state index in [1.54, 1.807) is 18.5 Å². The summed E-state index contributed by atoms with van der Waals surface area (Å²) in [5.41, 5.74) is 2.81. The van der Waals surface area contributed by atoms with Crippen LogP contribution in [0.2, 0.25) is 0 Å². The van der Waals surface area contributed by atoms with E-state index in [9.17, 15) is 13.2 Å². The van der Waals surface area contributed by atoms with Crippen molar-refractivity contribution in [1.29, 1.82) is 0 Å². The molecule has 156 valence electrons. The highest BCUT2D eigenvalue weighted by Crippen LogP contribution is 2.28. The van der Waals surface area contributed by atoms with Gasteiger partial charge in [0.25, 0.3) is 0 Å². The maximum atomic E-state index is 13.1. The zero-order valence-corrected chi connectivity index (χ0v) is 18.2. The zero-order valence-electron chi connectivity index (χ0n) is 17.3. The summed E-state index contributed by atoms with van der Waals surface area (Å²) in [5, 5.41) is 2.08. The molecule has 1 fully saturated rings. The van der Waals surface area contributed by atoms with E-state index in [1.807, 2.05) is 50.2 Å². The number of Topliss-reactive ketones (excluding diaryl/α,β-unsaturated/α-hetero) is 1. The second kappa shape index (κ2) is 8.28. The molecule has 4 rings (SSSR count). The number of carbonyl (C=O) groups is 1. The van der Waals surface area contributed by atoms with Crippen LogP contribution in [-0.2, 0) is 21.2 Å². The van der Waals surface area contributed by atoms with Crippen molar-refractivity contribution in [3.05, 3.63) is 71.5 Å². The number of hydrogen-bond donors (Lipinski definition) is 0. The van der Waals surface area contributed by atoms with Gasteiger partial charge in [0.05, 0.1) is 4.90 Å². The molecule has 2 heterocycles. The summed E-state index contributed by atoms with van der Waals surface area (Å²) in [6, 6.07) is 13.3. The predicted octanol–water partition coefficient (Wildman–Crippen LogP) is 4.06. The molecule has 0 aliphatic carbocycles. The monoisotopic (exact) mass is 422 g/mol. The molecule has 1 aromatic heterocycles. The van der Waals surface area contributed by atoms with Gasteiger partial charge in [0, 0.05) is 43.2 Å². The van der Waals surface area contributed by atoms with E-state index in [1.165, 1.54) is 4.31 Å². The zero-order chi connectivity index (χ0) is 21.3. The number of aromatic nitrogens is 1. The lowest BCUT2D eigenvalue weighted by Gasteiger charge is -2.31. The maximum Gasteiger partial charge on any atom is 0.243 e. The van der Waals surface area contributed by atoms with Crippen LogP contribution in [0.3, 0.4) is 0 Å². The average Bonchev–Trinajstić information content (AvgIpc) is 2.74. The number of pyridine rings is 1. The van der Waals surface area contributed by atoms with Crippen molar-refractivity contribution in [2.45, 2.75) is 38.0 Å². The Morgan fingerprint density at radius 1 is 1.10 bits per heavy atom. The summed E-state index contributed by atoms with van der Waals surface area (Å²) in [5.74, 6) is 0.0792. The minimum Gasteiger partial charge on any atom is -0.299 e. The Balaban J connectivity index is 1.44. The van der Waals surface area contributed by atoms with Gasteiger partial charge in [0.15, 0.2) is 0 Å². The number of aryl methyl sites for hydroxylation is 2. The molecule has 1 saturated heterocycles. The van der Waals surface area contributed by atoms with Crippen LogP contribution < -0.4 is 0 Å². The van der Waals surface area contributed by atoms with Crippen molar-refractivity contribution >= 4 is 26.6 Å². The van der Waals surface area contributed by atoms with E-state index in [2.05, 4.69) is 4.98 Å². The number of piperidine rings is 1. The second-order valence-electron chi connectivity index (χ2n) is 8.10. The molecule has 1 aliphatic heterocycles. The summed E-state index contributed by atoms with van der Waals surface area (Å²) in [6.07, 6.45) is 5.05. The van der Waals surface area contributed by atoms with Gasteiger partial charge < -0.3 is 0 Å². The lowest BCUT2D eigenvalue weighted by molar-refractivity contribution is -0.123. The number of fused-ring (bicyclic) bond motifs is 1. The summed E-state index contributed by atoms with van der Waals surface area (Å²) < 4.78 is 27.7. The average molecular weight is 423 g/mol. The van der Waals surface area contributed by atoms with Crippen molar-refractivity contribution in [2.75, 3.05) is 13.1 Å². The van der Waals surface area contributed by atoms with Crippen LogP contribution in [-0.4, -0.2) is 36.6 Å². The molecule has 1 aliphatic rings. The summed E-state index contributed by atoms with van der Waals surface area (Å²) in [6.45, 7) is 4.54. The fraction of sp³-hybridized carbons (Fsp3) is 0.333. The number of nitrogens with zero attached hydrogens (tertiary/aromatic N) is 2. The molecule has 0 atom stereocenters. The molecule has 2 aromatic carbocycles. The van der Waals surface area contributed by atoms with Gasteiger partial charge in [0.2, 0.25) is 10.0 Å². The Hall–Kier alpha value is -2.57. The molecule has 0 unspecified atom stereocenters. The Morgan fingerprint density at radius 2 is 1.87 bits per heavy atom. The molecular formula is C24H26N2O3S. The Labute approximate surface area is 177 Å². The quantitative estimate of drug-likeness (QED) is 0.622. The van der Waals surface area contributed by atoms with Gasteiger partial charge >= 0.3 is 0 Å². The van der Waals surface area contributed by atoms with Crippen LogP contribution in [0.1, 0.15) is 29.5 Å². The first-order valence-corrected chi connectivity index (χ1v) is 11.7. The number of hydrogen-bond acceptors (Lipinski definition) is 4. The summed E-state index contributed by atoms with van der Waals surface area (Å²) >= 11 is 0. The van der Waals surface area contributed by atoms with Crippen LogP contribution in [0.5, 0.6) is 0 Å². The Kier molecular flexibility index (Phi) is 5.71. The van der Waals surface area contributed by atoms with Crippen molar-refractivity contribution in [3.63, 3.8) is 0 Å². The van der Waals surface area contributed by atoms with E-state index in [0.717, 1.165) is 27.5 Å². The third kappa shape index (κ3) is 4.02. The molecule has 0 radical (unpaired) electrons. The first kappa shape index (κ1) is 20.7. The smallest absolute Gasteiger partial charge is 0.243 e. The number of carbonyl (C=O) groups excluding carboxylic acids is 1. The van der Waals surface area contributed by atoms with Gasteiger partial charge in [-0.25, -0.2) is 8.42 Å². The minimum atomic E-state index is -3.53. The predicted molar refractivity (Wildman–Crippen MR) is 118 cm³/mol. The number of benzene rings is 2. The molecule has 0 N–H and O–H groups in total. The van der Waals surface area contributed by atoms with E-state index in [4.69, 9.17) is 0 Å². The van der Waals surface area contributed by atoms with Gasteiger partial charge in [-0.15, -0.1) is 0 Å². The SMILES string of the molecule is Cc1ccc(S(=O)(=O)N2CCC(C(=O)Cc3cccc4cnccc34)CC2)c(C)c1. The molecule has 5 nitrogen and oxygen atoms in total. The summed E-state index contributed by atoms with van der Waals surface area (Å²) in [4.78, 5) is 17.5. The Bertz CT molecular complexity index is 1190. The van der Waals surface area contributed by atoms with Crippen molar-refractivity contribution in [3.8, 4) is 0 Å². The normalized spacial score (nSPS) is 16.1. The van der Waals surface area contributed by atoms with E-state index in [-0.39, 0.29) is 11.7 Å². The molecule has 3 aromatic rings. The lowest BCUT2D eigenvalue weighted by atomic mass is 9.89. The standard InChI is InChI=1S/C24H26N2O3S/c1-17-6-7-24(18(2)14-17)30(28,29)26-12-9-19(10-13-26)23(27)15-20-4-3-5-21-16-25-11-8-22(20)21/h3-8,11,14,16,19H,9-10,12-13,15H2,1-2H3. The fourth-order valence-corrected chi connectivity index (χ4v) is 6.00. The minimum absolute atomic E-state index is 0.104. The molecule has 6 heteroatoms. The van der Waals surface area contributed by atoms with Crippen LogP contribution in [0.25, 0.3) is 10.8 Å². The highest BCUT2D eigenvalue weighted by molar-refractivity contribution is 7.89. The van der Waals surface area contributed by atoms with Crippen LogP contribution >= 0.6 is 0 Å². The number of rotatable bonds is 5. The van der Waals surface area contributed by atoms with Crippen molar-refractivity contribution in [1.82, 2.24) is 9.29 Å². The van der Waals surface area contributed by atoms with Crippen molar-refractivity contribution in [2.24, 2.45) is 5.92 Å². The van der Waals surface area contributed by atoms with Gasteiger partial charge in [-0.2, -0.15) is 4.31 Å². The highest BCUT2D eigenvalue weighted by Gasteiger charge is 2.32. The molecule has 0 bridgehead atoms. The van der Waals surface area contributed by atoms with Crippen molar-refractivity contribution < 1.29 is 13.2 Å².